The third kappa shape index (κ3) is 4.10. The number of piperidine rings is 1. The van der Waals surface area contributed by atoms with Crippen LogP contribution in [-0.4, -0.2) is 35.0 Å². The summed E-state index contributed by atoms with van der Waals surface area (Å²) in [6.07, 6.45) is 0.811. The van der Waals surface area contributed by atoms with Gasteiger partial charge in [0.15, 0.2) is 0 Å². The minimum Gasteiger partial charge on any atom is -0.445 e. The summed E-state index contributed by atoms with van der Waals surface area (Å²) in [5.41, 5.74) is 9.05. The minimum atomic E-state index is -0.482. The van der Waals surface area contributed by atoms with Crippen molar-refractivity contribution < 1.29 is 14.5 Å². The topological polar surface area (TPSA) is 121 Å². The van der Waals surface area contributed by atoms with Gasteiger partial charge in [0.2, 0.25) is 0 Å². The van der Waals surface area contributed by atoms with Gasteiger partial charge in [-0.2, -0.15) is 0 Å². The molecular weight excluding hydrogens is 290 g/mol. The maximum Gasteiger partial charge on any atom is 0.410 e. The van der Waals surface area contributed by atoms with Crippen molar-refractivity contribution in [3.8, 4) is 0 Å². The van der Waals surface area contributed by atoms with Crippen molar-refractivity contribution in [1.29, 1.82) is 0 Å². The molecule has 0 spiro atoms. The highest BCUT2D eigenvalue weighted by molar-refractivity contribution is 5.67. The highest BCUT2D eigenvalue weighted by Gasteiger charge is 2.23. The fourth-order valence-corrected chi connectivity index (χ4v) is 2.19. The van der Waals surface area contributed by atoms with Gasteiger partial charge in [-0.15, -0.1) is 0 Å². The molecule has 1 aliphatic heterocycles. The Hall–Kier alpha value is -2.80. The number of rotatable bonds is 4. The Bertz CT molecular complexity index is 589. The molecule has 1 heterocycles. The molecule has 22 heavy (non-hydrogen) atoms. The highest BCUT2D eigenvalue weighted by Crippen LogP contribution is 2.16. The van der Waals surface area contributed by atoms with Crippen molar-refractivity contribution in [2.75, 3.05) is 13.1 Å². The Balaban J connectivity index is 1.80. The van der Waals surface area contributed by atoms with Crippen LogP contribution in [0.2, 0.25) is 0 Å². The van der Waals surface area contributed by atoms with Crippen molar-refractivity contribution >= 4 is 11.8 Å². The predicted molar refractivity (Wildman–Crippen MR) is 77.0 cm³/mol. The van der Waals surface area contributed by atoms with Gasteiger partial charge in [0.1, 0.15) is 6.61 Å². The number of azide groups is 1. The first kappa shape index (κ1) is 15.6. The molecule has 1 saturated heterocycles. The summed E-state index contributed by atoms with van der Waals surface area (Å²) in [7, 11) is 0. The Morgan fingerprint density at radius 2 is 2.05 bits per heavy atom. The molecule has 9 heteroatoms. The molecule has 0 aliphatic carbocycles. The number of non-ortho nitro benzene ring substituents is 1. The number of ether oxygens (including phenoxy) is 1. The zero-order valence-corrected chi connectivity index (χ0v) is 11.8. The van der Waals surface area contributed by atoms with Crippen LogP contribution in [0.4, 0.5) is 10.5 Å². The van der Waals surface area contributed by atoms with E-state index >= 15 is 0 Å². The molecule has 1 aromatic rings. The number of nitro groups is 1. The summed E-state index contributed by atoms with van der Waals surface area (Å²) in [6, 6.07) is 5.78. The van der Waals surface area contributed by atoms with E-state index in [4.69, 9.17) is 10.3 Å². The van der Waals surface area contributed by atoms with Crippen LogP contribution in [0.25, 0.3) is 10.4 Å². The number of likely N-dealkylation sites (tertiary alicyclic amines) is 1. The molecule has 2 rings (SSSR count). The molecule has 1 amide bonds. The van der Waals surface area contributed by atoms with Crippen molar-refractivity contribution in [3.63, 3.8) is 0 Å². The zero-order chi connectivity index (χ0) is 15.9. The second-order valence-corrected chi connectivity index (χ2v) is 4.90. The Labute approximate surface area is 126 Å². The molecule has 0 saturated carbocycles. The average molecular weight is 305 g/mol. The van der Waals surface area contributed by atoms with E-state index in [9.17, 15) is 14.9 Å². The molecule has 1 fully saturated rings. The number of benzene rings is 1. The Morgan fingerprint density at radius 3 is 2.59 bits per heavy atom. The normalized spacial score (nSPS) is 15.0. The molecule has 0 bridgehead atoms. The van der Waals surface area contributed by atoms with E-state index in [1.807, 2.05) is 0 Å². The van der Waals surface area contributed by atoms with Gasteiger partial charge >= 0.3 is 6.09 Å². The third-order valence-corrected chi connectivity index (χ3v) is 3.45. The van der Waals surface area contributed by atoms with Crippen LogP contribution in [0, 0.1) is 10.1 Å². The van der Waals surface area contributed by atoms with Crippen LogP contribution < -0.4 is 0 Å². The van der Waals surface area contributed by atoms with Crippen LogP contribution in [0.15, 0.2) is 29.4 Å². The largest absolute Gasteiger partial charge is 0.445 e. The zero-order valence-electron chi connectivity index (χ0n) is 11.8. The molecule has 9 nitrogen and oxygen atoms in total. The number of carbonyl (C=O) groups excluding carboxylic acids is 1. The summed E-state index contributed by atoms with van der Waals surface area (Å²) in [4.78, 5) is 26.3. The molecule has 0 unspecified atom stereocenters. The maximum atomic E-state index is 11.9. The maximum absolute atomic E-state index is 11.9. The number of carbonyl (C=O) groups is 1. The number of amides is 1. The van der Waals surface area contributed by atoms with Gasteiger partial charge in [-0.05, 0) is 36.1 Å². The lowest BCUT2D eigenvalue weighted by Crippen LogP contribution is -2.39. The van der Waals surface area contributed by atoms with E-state index in [1.54, 1.807) is 17.0 Å². The predicted octanol–water partition coefficient (Wildman–Crippen LogP) is 3.01. The molecule has 0 aromatic heterocycles. The SMILES string of the molecule is [N-]=[N+]=NC1CCN(C(=O)OCc2ccc([N+](=O)[O-])cc2)CC1. The summed E-state index contributed by atoms with van der Waals surface area (Å²) in [6.45, 7) is 1.04. The molecule has 116 valence electrons. The summed E-state index contributed by atoms with van der Waals surface area (Å²) >= 11 is 0. The summed E-state index contributed by atoms with van der Waals surface area (Å²) < 4.78 is 5.18. The summed E-state index contributed by atoms with van der Waals surface area (Å²) in [5.74, 6) is 0. The quantitative estimate of drug-likeness (QED) is 0.279. The van der Waals surface area contributed by atoms with E-state index in [-0.39, 0.29) is 18.3 Å². The number of hydrogen-bond acceptors (Lipinski definition) is 5. The van der Waals surface area contributed by atoms with Crippen molar-refractivity contribution in [2.45, 2.75) is 25.5 Å². The highest BCUT2D eigenvalue weighted by atomic mass is 16.6. The van der Waals surface area contributed by atoms with Crippen molar-refractivity contribution in [3.05, 3.63) is 50.4 Å². The monoisotopic (exact) mass is 305 g/mol. The molecule has 0 atom stereocenters. The van der Waals surface area contributed by atoms with Gasteiger partial charge in [-0.1, -0.05) is 5.11 Å². The van der Waals surface area contributed by atoms with Crippen LogP contribution >= 0.6 is 0 Å². The number of nitro benzene ring substituents is 1. The van der Waals surface area contributed by atoms with E-state index in [0.717, 1.165) is 0 Å². The van der Waals surface area contributed by atoms with E-state index in [0.29, 0.717) is 31.5 Å². The van der Waals surface area contributed by atoms with Crippen molar-refractivity contribution in [1.82, 2.24) is 4.90 Å². The number of nitrogens with zero attached hydrogens (tertiary/aromatic N) is 5. The van der Waals surface area contributed by atoms with Crippen LogP contribution in [-0.2, 0) is 11.3 Å². The molecule has 0 radical (unpaired) electrons. The lowest BCUT2D eigenvalue weighted by Gasteiger charge is -2.29. The summed E-state index contributed by atoms with van der Waals surface area (Å²) in [5, 5.41) is 14.2. The first-order chi connectivity index (χ1) is 10.6. The minimum absolute atomic E-state index is 0.00445. The van der Waals surface area contributed by atoms with E-state index in [2.05, 4.69) is 10.0 Å². The smallest absolute Gasteiger partial charge is 0.410 e. The van der Waals surface area contributed by atoms with Gasteiger partial charge in [-0.3, -0.25) is 10.1 Å². The van der Waals surface area contributed by atoms with E-state index in [1.165, 1.54) is 12.1 Å². The van der Waals surface area contributed by atoms with Gasteiger partial charge in [-0.25, -0.2) is 4.79 Å². The van der Waals surface area contributed by atoms with Gasteiger partial charge < -0.3 is 9.64 Å². The van der Waals surface area contributed by atoms with Crippen molar-refractivity contribution in [2.24, 2.45) is 5.11 Å². The fourth-order valence-electron chi connectivity index (χ4n) is 2.19. The van der Waals surface area contributed by atoms with Crippen LogP contribution in [0.1, 0.15) is 18.4 Å². The molecular formula is C13H15N5O4. The number of hydrogen-bond donors (Lipinski definition) is 0. The molecule has 1 aliphatic rings. The Morgan fingerprint density at radius 1 is 1.41 bits per heavy atom. The lowest BCUT2D eigenvalue weighted by atomic mass is 10.1. The standard InChI is InChI=1S/C13H15N5O4/c14-16-15-11-5-7-17(8-6-11)13(19)22-9-10-1-3-12(4-2-10)18(20)21/h1-4,11H,5-9H2. The lowest BCUT2D eigenvalue weighted by molar-refractivity contribution is -0.384. The Kier molecular flexibility index (Phi) is 5.16. The molecule has 1 aromatic carbocycles. The van der Waals surface area contributed by atoms with Crippen LogP contribution in [0.3, 0.4) is 0 Å². The second kappa shape index (κ2) is 7.28. The third-order valence-electron chi connectivity index (χ3n) is 3.45. The van der Waals surface area contributed by atoms with Gasteiger partial charge in [0, 0.05) is 36.2 Å². The van der Waals surface area contributed by atoms with E-state index < -0.39 is 11.0 Å². The van der Waals surface area contributed by atoms with Crippen LogP contribution in [0.5, 0.6) is 0 Å². The first-order valence-corrected chi connectivity index (χ1v) is 6.79. The fraction of sp³-hybridized carbons (Fsp3) is 0.462. The average Bonchev–Trinajstić information content (AvgIpc) is 2.54. The van der Waals surface area contributed by atoms with Gasteiger partial charge in [0.25, 0.3) is 5.69 Å². The van der Waals surface area contributed by atoms with Gasteiger partial charge in [0.05, 0.1) is 4.92 Å². The molecule has 0 N–H and O–H groups in total. The first-order valence-electron chi connectivity index (χ1n) is 6.79. The second-order valence-electron chi connectivity index (χ2n) is 4.90.